The molecule has 1 amide bonds. The Morgan fingerprint density at radius 1 is 1.19 bits per heavy atom. The molecule has 16 heavy (non-hydrogen) atoms. The number of nitrogens with zero attached hydrogens (tertiary/aromatic N) is 1. The third-order valence-electron chi connectivity index (χ3n) is 2.50. The fraction of sp³-hybridized carbons (Fsp3) is 0.167. The predicted molar refractivity (Wildman–Crippen MR) is 64.7 cm³/mol. The summed E-state index contributed by atoms with van der Waals surface area (Å²) in [6.07, 6.45) is 1.59. The normalized spacial score (nSPS) is 10.1. The summed E-state index contributed by atoms with van der Waals surface area (Å²) in [4.78, 5) is 15.9. The van der Waals surface area contributed by atoms with Gasteiger partial charge in [0.2, 0.25) is 0 Å². The van der Waals surface area contributed by atoms with Gasteiger partial charge in [0.15, 0.2) is 0 Å². The number of aromatic nitrogens is 1. The Balaban J connectivity index is 2.74. The summed E-state index contributed by atoms with van der Waals surface area (Å²) in [5.41, 5.74) is 0.595. The highest BCUT2D eigenvalue weighted by molar-refractivity contribution is 6.09. The van der Waals surface area contributed by atoms with Gasteiger partial charge in [-0.3, -0.25) is 4.79 Å². The van der Waals surface area contributed by atoms with Crippen molar-refractivity contribution < 1.29 is 4.79 Å². The average molecular weight is 215 g/mol. The van der Waals surface area contributed by atoms with Crippen LogP contribution in [0.1, 0.15) is 10.4 Å². The third kappa shape index (κ3) is 1.58. The maximum Gasteiger partial charge on any atom is 0.253 e. The van der Waals surface area contributed by atoms with Gasteiger partial charge in [0, 0.05) is 25.7 Å². The van der Waals surface area contributed by atoms with Gasteiger partial charge in [0.05, 0.1) is 5.56 Å². The summed E-state index contributed by atoms with van der Waals surface area (Å²) < 4.78 is 0. The topological polar surface area (TPSA) is 54.0 Å². The predicted octanol–water partition coefficient (Wildman–Crippen LogP) is 1.64. The van der Waals surface area contributed by atoms with Crippen molar-refractivity contribution in [3.8, 4) is 0 Å². The first-order valence-electron chi connectivity index (χ1n) is 5.05. The summed E-state index contributed by atoms with van der Waals surface area (Å²) >= 11 is 0. The SMILES string of the molecule is CNC(=O)c1cnc(NC)c2ccccc12. The van der Waals surface area contributed by atoms with Crippen molar-refractivity contribution in [2.24, 2.45) is 0 Å². The van der Waals surface area contributed by atoms with Crippen LogP contribution in [0.15, 0.2) is 30.5 Å². The summed E-state index contributed by atoms with van der Waals surface area (Å²) in [7, 11) is 3.43. The van der Waals surface area contributed by atoms with Gasteiger partial charge in [-0.05, 0) is 5.39 Å². The first-order chi connectivity index (χ1) is 7.77. The molecule has 2 N–H and O–H groups in total. The molecule has 82 valence electrons. The Bertz CT molecular complexity index is 537. The van der Waals surface area contributed by atoms with Crippen LogP contribution in [0.5, 0.6) is 0 Å². The number of carbonyl (C=O) groups excluding carboxylic acids is 1. The maximum absolute atomic E-state index is 11.7. The molecule has 4 nitrogen and oxygen atoms in total. The van der Waals surface area contributed by atoms with E-state index in [9.17, 15) is 4.79 Å². The molecule has 0 fully saturated rings. The minimum absolute atomic E-state index is 0.119. The number of nitrogens with one attached hydrogen (secondary N) is 2. The molecule has 0 saturated carbocycles. The lowest BCUT2D eigenvalue weighted by Crippen LogP contribution is -2.18. The molecule has 0 saturated heterocycles. The number of rotatable bonds is 2. The number of fused-ring (bicyclic) bond motifs is 1. The highest BCUT2D eigenvalue weighted by Gasteiger charge is 2.10. The molecule has 2 rings (SSSR count). The molecule has 0 bridgehead atoms. The summed E-state index contributed by atoms with van der Waals surface area (Å²) in [6.45, 7) is 0. The molecule has 0 radical (unpaired) electrons. The lowest BCUT2D eigenvalue weighted by molar-refractivity contribution is 0.0964. The number of benzene rings is 1. The van der Waals surface area contributed by atoms with Crippen molar-refractivity contribution in [1.29, 1.82) is 0 Å². The van der Waals surface area contributed by atoms with Crippen LogP contribution in [0, 0.1) is 0 Å². The fourth-order valence-electron chi connectivity index (χ4n) is 1.71. The monoisotopic (exact) mass is 215 g/mol. The van der Waals surface area contributed by atoms with Crippen LogP contribution in [-0.2, 0) is 0 Å². The molecule has 1 aromatic carbocycles. The molecule has 0 spiro atoms. The van der Waals surface area contributed by atoms with Crippen LogP contribution in [0.3, 0.4) is 0 Å². The second-order valence-electron chi connectivity index (χ2n) is 3.40. The Labute approximate surface area is 93.7 Å². The van der Waals surface area contributed by atoms with Crippen molar-refractivity contribution in [3.63, 3.8) is 0 Å². The molecule has 0 atom stereocenters. The minimum Gasteiger partial charge on any atom is -0.373 e. The van der Waals surface area contributed by atoms with Crippen LogP contribution < -0.4 is 10.6 Å². The van der Waals surface area contributed by atoms with Crippen molar-refractivity contribution in [2.75, 3.05) is 19.4 Å². The molecule has 0 aliphatic heterocycles. The Kier molecular flexibility index (Phi) is 2.72. The van der Waals surface area contributed by atoms with Crippen LogP contribution in [0.2, 0.25) is 0 Å². The lowest BCUT2D eigenvalue weighted by Gasteiger charge is -2.08. The quantitative estimate of drug-likeness (QED) is 0.800. The molecule has 4 heteroatoms. The van der Waals surface area contributed by atoms with E-state index >= 15 is 0 Å². The van der Waals surface area contributed by atoms with Crippen molar-refractivity contribution >= 4 is 22.5 Å². The van der Waals surface area contributed by atoms with E-state index in [2.05, 4.69) is 15.6 Å². The molecule has 1 aromatic heterocycles. The zero-order valence-corrected chi connectivity index (χ0v) is 9.24. The zero-order chi connectivity index (χ0) is 11.5. The van der Waals surface area contributed by atoms with Gasteiger partial charge in [0.25, 0.3) is 5.91 Å². The minimum atomic E-state index is -0.119. The van der Waals surface area contributed by atoms with E-state index in [1.165, 1.54) is 0 Å². The summed E-state index contributed by atoms with van der Waals surface area (Å²) in [5.74, 6) is 0.662. The number of carbonyl (C=O) groups is 1. The van der Waals surface area contributed by atoms with Crippen LogP contribution in [0.25, 0.3) is 10.8 Å². The van der Waals surface area contributed by atoms with Crippen molar-refractivity contribution in [2.45, 2.75) is 0 Å². The molecular weight excluding hydrogens is 202 g/mol. The van der Waals surface area contributed by atoms with Crippen LogP contribution in [-0.4, -0.2) is 25.0 Å². The maximum atomic E-state index is 11.7. The smallest absolute Gasteiger partial charge is 0.253 e. The largest absolute Gasteiger partial charge is 0.373 e. The molecule has 0 aliphatic rings. The van der Waals surface area contributed by atoms with E-state index in [4.69, 9.17) is 0 Å². The number of pyridine rings is 1. The second-order valence-corrected chi connectivity index (χ2v) is 3.40. The number of amides is 1. The van der Waals surface area contributed by atoms with Crippen LogP contribution in [0.4, 0.5) is 5.82 Å². The van der Waals surface area contributed by atoms with Crippen molar-refractivity contribution in [1.82, 2.24) is 10.3 Å². The van der Waals surface area contributed by atoms with Gasteiger partial charge in [-0.2, -0.15) is 0 Å². The Hall–Kier alpha value is -2.10. The number of hydrogen-bond donors (Lipinski definition) is 2. The molecule has 2 aromatic rings. The number of hydrogen-bond acceptors (Lipinski definition) is 3. The standard InChI is InChI=1S/C12H13N3O/c1-13-11-9-6-4-3-5-8(9)10(7-15-11)12(16)14-2/h3-7H,1-2H3,(H,13,15)(H,14,16). The van der Waals surface area contributed by atoms with Crippen LogP contribution >= 0.6 is 0 Å². The van der Waals surface area contributed by atoms with E-state index in [0.29, 0.717) is 5.56 Å². The zero-order valence-electron chi connectivity index (χ0n) is 9.24. The molecular formula is C12H13N3O. The number of anilines is 1. The van der Waals surface area contributed by atoms with Gasteiger partial charge in [-0.25, -0.2) is 4.98 Å². The molecule has 1 heterocycles. The first-order valence-corrected chi connectivity index (χ1v) is 5.05. The van der Waals surface area contributed by atoms with E-state index in [0.717, 1.165) is 16.6 Å². The summed E-state index contributed by atoms with van der Waals surface area (Å²) in [5, 5.41) is 7.48. The fourth-order valence-corrected chi connectivity index (χ4v) is 1.71. The first kappa shape index (κ1) is 10.4. The highest BCUT2D eigenvalue weighted by atomic mass is 16.1. The lowest BCUT2D eigenvalue weighted by atomic mass is 10.1. The highest BCUT2D eigenvalue weighted by Crippen LogP contribution is 2.23. The van der Waals surface area contributed by atoms with Gasteiger partial charge in [-0.1, -0.05) is 24.3 Å². The Morgan fingerprint density at radius 2 is 1.88 bits per heavy atom. The van der Waals surface area contributed by atoms with E-state index < -0.39 is 0 Å². The van der Waals surface area contributed by atoms with E-state index in [-0.39, 0.29) is 5.91 Å². The average Bonchev–Trinajstić information content (AvgIpc) is 2.36. The third-order valence-corrected chi connectivity index (χ3v) is 2.50. The Morgan fingerprint density at radius 3 is 2.50 bits per heavy atom. The van der Waals surface area contributed by atoms with E-state index in [1.54, 1.807) is 13.2 Å². The van der Waals surface area contributed by atoms with Gasteiger partial charge >= 0.3 is 0 Å². The second kappa shape index (κ2) is 4.18. The summed E-state index contributed by atoms with van der Waals surface area (Å²) in [6, 6.07) is 7.70. The molecule has 0 aliphatic carbocycles. The molecule has 0 unspecified atom stereocenters. The van der Waals surface area contributed by atoms with Gasteiger partial charge in [-0.15, -0.1) is 0 Å². The van der Waals surface area contributed by atoms with Gasteiger partial charge < -0.3 is 10.6 Å². The van der Waals surface area contributed by atoms with E-state index in [1.807, 2.05) is 31.3 Å². The van der Waals surface area contributed by atoms with Crippen molar-refractivity contribution in [3.05, 3.63) is 36.0 Å². The van der Waals surface area contributed by atoms with Gasteiger partial charge in [0.1, 0.15) is 5.82 Å².